The molecule has 0 aliphatic heterocycles. The van der Waals surface area contributed by atoms with E-state index in [1.54, 1.807) is 60.7 Å². The Morgan fingerprint density at radius 1 is 0.708 bits per heavy atom. The molecule has 0 saturated carbocycles. The van der Waals surface area contributed by atoms with E-state index in [1.165, 1.54) is 18.2 Å². The lowest BCUT2D eigenvalue weighted by atomic mass is 10.3. The van der Waals surface area contributed by atoms with Crippen LogP contribution >= 0.6 is 7.60 Å². The van der Waals surface area contributed by atoms with Gasteiger partial charge in [0.15, 0.2) is 0 Å². The van der Waals surface area contributed by atoms with Crippen LogP contribution < -0.4 is 14.4 Å². The van der Waals surface area contributed by atoms with Crippen LogP contribution in [0, 0.1) is 0 Å². The maximum Gasteiger partial charge on any atom is 0.466 e. The molecule has 0 amide bonds. The Morgan fingerprint density at radius 2 is 1.21 bits per heavy atom. The second-order valence-corrected chi connectivity index (χ2v) is 6.82. The van der Waals surface area contributed by atoms with Gasteiger partial charge in [0, 0.05) is 6.07 Å². The van der Waals surface area contributed by atoms with Gasteiger partial charge < -0.3 is 19.3 Å². The second kappa shape index (κ2) is 6.69. The van der Waals surface area contributed by atoms with Crippen molar-refractivity contribution in [3.05, 3.63) is 78.9 Å². The topological polar surface area (TPSA) is 76.0 Å². The number of para-hydroxylation sites is 2. The highest BCUT2D eigenvalue weighted by molar-refractivity contribution is 7.63. The van der Waals surface area contributed by atoms with Crippen LogP contribution in [-0.4, -0.2) is 10.2 Å². The van der Waals surface area contributed by atoms with Crippen molar-refractivity contribution in [1.29, 1.82) is 0 Å². The maximum atomic E-state index is 13.4. The molecule has 5 nitrogen and oxygen atoms in total. The van der Waals surface area contributed by atoms with Gasteiger partial charge in [0.2, 0.25) is 0 Å². The third-order valence-electron chi connectivity index (χ3n) is 3.19. The fourth-order valence-corrected chi connectivity index (χ4v) is 3.77. The number of rotatable bonds is 5. The molecule has 0 aliphatic rings. The number of benzene rings is 3. The Morgan fingerprint density at radius 3 is 1.71 bits per heavy atom. The maximum absolute atomic E-state index is 13.4. The average Bonchev–Trinajstić information content (AvgIpc) is 2.58. The minimum absolute atomic E-state index is 0.116. The Balaban J connectivity index is 2.06. The molecule has 2 N–H and O–H groups in total. The zero-order valence-corrected chi connectivity index (χ0v) is 13.5. The molecule has 3 aromatic carbocycles. The molecule has 0 atom stereocenters. The highest BCUT2D eigenvalue weighted by atomic mass is 31.2. The SMILES string of the molecule is O=P(Oc1ccccc1)(Oc1ccccc1)c1cc(O)ccc1O. The van der Waals surface area contributed by atoms with E-state index in [0.717, 1.165) is 0 Å². The third kappa shape index (κ3) is 3.53. The molecule has 0 unspecified atom stereocenters. The summed E-state index contributed by atoms with van der Waals surface area (Å²) in [5.74, 6) is 0.193. The monoisotopic (exact) mass is 342 g/mol. The minimum Gasteiger partial charge on any atom is -0.508 e. The lowest BCUT2D eigenvalue weighted by Gasteiger charge is -2.21. The van der Waals surface area contributed by atoms with Crippen LogP contribution in [0.15, 0.2) is 78.9 Å². The molecular formula is C18H15O5P. The molecule has 0 aromatic heterocycles. The van der Waals surface area contributed by atoms with Crippen molar-refractivity contribution in [2.75, 3.05) is 0 Å². The largest absolute Gasteiger partial charge is 0.508 e. The molecule has 3 aromatic rings. The number of phenols is 2. The van der Waals surface area contributed by atoms with Crippen molar-refractivity contribution < 1.29 is 23.8 Å². The van der Waals surface area contributed by atoms with Gasteiger partial charge in [-0.2, -0.15) is 0 Å². The zero-order valence-electron chi connectivity index (χ0n) is 12.6. The van der Waals surface area contributed by atoms with E-state index in [-0.39, 0.29) is 16.8 Å². The summed E-state index contributed by atoms with van der Waals surface area (Å²) in [6, 6.07) is 20.7. The Hall–Kier alpha value is -2.91. The van der Waals surface area contributed by atoms with Crippen LogP contribution in [0.4, 0.5) is 0 Å². The zero-order chi connectivity index (χ0) is 17.0. The molecule has 24 heavy (non-hydrogen) atoms. The average molecular weight is 342 g/mol. The van der Waals surface area contributed by atoms with Crippen LogP contribution in [0.25, 0.3) is 0 Å². The summed E-state index contributed by atoms with van der Waals surface area (Å²) in [4.78, 5) is 0. The van der Waals surface area contributed by atoms with Crippen molar-refractivity contribution in [1.82, 2.24) is 0 Å². The lowest BCUT2D eigenvalue weighted by Crippen LogP contribution is -2.15. The van der Waals surface area contributed by atoms with E-state index < -0.39 is 7.60 Å². The number of hydrogen-bond donors (Lipinski definition) is 2. The molecule has 6 heteroatoms. The molecule has 122 valence electrons. The number of phenolic OH excluding ortho intramolecular Hbond substituents is 2. The molecule has 3 rings (SSSR count). The first-order valence-corrected chi connectivity index (χ1v) is 8.73. The summed E-state index contributed by atoms with van der Waals surface area (Å²) in [5, 5.41) is 19.7. The summed E-state index contributed by atoms with van der Waals surface area (Å²) < 4.78 is 24.6. The van der Waals surface area contributed by atoms with E-state index in [4.69, 9.17) is 9.05 Å². The van der Waals surface area contributed by atoms with Gasteiger partial charge in [-0.25, -0.2) is 4.57 Å². The summed E-state index contributed by atoms with van der Waals surface area (Å²) in [5.41, 5.74) is 0. The first-order valence-electron chi connectivity index (χ1n) is 7.19. The Kier molecular flexibility index (Phi) is 4.45. The normalized spacial score (nSPS) is 11.0. The smallest absolute Gasteiger partial charge is 0.466 e. The van der Waals surface area contributed by atoms with Gasteiger partial charge >= 0.3 is 7.60 Å². The van der Waals surface area contributed by atoms with E-state index in [0.29, 0.717) is 11.5 Å². The van der Waals surface area contributed by atoms with E-state index in [2.05, 4.69) is 0 Å². The lowest BCUT2D eigenvalue weighted by molar-refractivity contribution is 0.395. The van der Waals surface area contributed by atoms with Crippen molar-refractivity contribution in [2.45, 2.75) is 0 Å². The predicted octanol–water partition coefficient (Wildman–Crippen LogP) is 4.07. The quantitative estimate of drug-likeness (QED) is 0.540. The van der Waals surface area contributed by atoms with Crippen LogP contribution in [0.1, 0.15) is 0 Å². The second-order valence-electron chi connectivity index (χ2n) is 4.98. The van der Waals surface area contributed by atoms with Crippen molar-refractivity contribution in [3.63, 3.8) is 0 Å². The van der Waals surface area contributed by atoms with Crippen molar-refractivity contribution in [3.8, 4) is 23.0 Å². The fourth-order valence-electron chi connectivity index (χ4n) is 2.09. The molecular weight excluding hydrogens is 327 g/mol. The fraction of sp³-hybridized carbons (Fsp3) is 0. The molecule has 0 fully saturated rings. The van der Waals surface area contributed by atoms with Gasteiger partial charge in [-0.3, -0.25) is 0 Å². The van der Waals surface area contributed by atoms with Crippen molar-refractivity contribution >= 4 is 12.9 Å². The van der Waals surface area contributed by atoms with E-state index in [9.17, 15) is 14.8 Å². The van der Waals surface area contributed by atoms with Crippen LogP contribution in [0.5, 0.6) is 23.0 Å². The van der Waals surface area contributed by atoms with Gasteiger partial charge in [-0.05, 0) is 36.4 Å². The molecule has 0 aliphatic carbocycles. The summed E-state index contributed by atoms with van der Waals surface area (Å²) in [6.07, 6.45) is 0. The first-order chi connectivity index (χ1) is 11.6. The summed E-state index contributed by atoms with van der Waals surface area (Å²) in [7, 11) is -3.99. The predicted molar refractivity (Wildman–Crippen MR) is 91.2 cm³/mol. The minimum atomic E-state index is -3.99. The molecule has 0 saturated heterocycles. The summed E-state index contributed by atoms with van der Waals surface area (Å²) in [6.45, 7) is 0. The standard InChI is InChI=1S/C18H15O5P/c19-14-11-12-17(20)18(13-14)24(21,22-15-7-3-1-4-8-15)23-16-9-5-2-6-10-16/h1-13,19-20H. The molecule has 0 radical (unpaired) electrons. The van der Waals surface area contributed by atoms with Crippen molar-refractivity contribution in [2.24, 2.45) is 0 Å². The molecule has 0 spiro atoms. The van der Waals surface area contributed by atoms with Gasteiger partial charge in [0.05, 0.1) is 0 Å². The number of hydrogen-bond acceptors (Lipinski definition) is 5. The molecule has 0 heterocycles. The van der Waals surface area contributed by atoms with Gasteiger partial charge in [-0.1, -0.05) is 36.4 Å². The highest BCUT2D eigenvalue weighted by Gasteiger charge is 2.35. The summed E-state index contributed by atoms with van der Waals surface area (Å²) >= 11 is 0. The third-order valence-corrected chi connectivity index (χ3v) is 5.04. The first kappa shape index (κ1) is 16.0. The van der Waals surface area contributed by atoms with Crippen LogP contribution in [0.2, 0.25) is 0 Å². The number of aromatic hydroxyl groups is 2. The van der Waals surface area contributed by atoms with Gasteiger partial charge in [0.1, 0.15) is 28.3 Å². The van der Waals surface area contributed by atoms with Crippen LogP contribution in [-0.2, 0) is 4.57 Å². The molecule has 0 bridgehead atoms. The van der Waals surface area contributed by atoms with E-state index >= 15 is 0 Å². The highest BCUT2D eigenvalue weighted by Crippen LogP contribution is 2.49. The Labute approximate surface area is 139 Å². The van der Waals surface area contributed by atoms with Gasteiger partial charge in [-0.15, -0.1) is 0 Å². The Bertz CT molecular complexity index is 820. The van der Waals surface area contributed by atoms with Crippen LogP contribution in [0.3, 0.4) is 0 Å². The van der Waals surface area contributed by atoms with Gasteiger partial charge in [0.25, 0.3) is 0 Å². The van der Waals surface area contributed by atoms with E-state index in [1.807, 2.05) is 0 Å².